The summed E-state index contributed by atoms with van der Waals surface area (Å²) in [6.45, 7) is 2.50. The Labute approximate surface area is 152 Å². The number of nitrogens with zero attached hydrogens (tertiary/aromatic N) is 1. The zero-order valence-electron chi connectivity index (χ0n) is 13.9. The molecule has 138 valence electrons. The van der Waals surface area contributed by atoms with Crippen molar-refractivity contribution < 1.29 is 16.8 Å². The van der Waals surface area contributed by atoms with E-state index >= 15 is 0 Å². The molecule has 2 aromatic rings. The second kappa shape index (κ2) is 7.74. The maximum Gasteiger partial charge on any atom is 0.262 e. The van der Waals surface area contributed by atoms with Gasteiger partial charge in [-0.1, -0.05) is 13.0 Å². The van der Waals surface area contributed by atoms with E-state index in [1.165, 1.54) is 36.4 Å². The number of nitrogens with two attached hydrogens (primary N) is 1. The van der Waals surface area contributed by atoms with Crippen LogP contribution in [0.4, 0.5) is 11.4 Å². The lowest BCUT2D eigenvalue weighted by molar-refractivity contribution is 0.596. The molecule has 2 rings (SSSR count). The van der Waals surface area contributed by atoms with E-state index in [1.54, 1.807) is 0 Å². The molecule has 0 aliphatic heterocycles. The molecule has 0 heterocycles. The average molecular weight is 394 g/mol. The molecule has 0 saturated carbocycles. The molecule has 0 aliphatic rings. The van der Waals surface area contributed by atoms with Crippen molar-refractivity contribution in [1.82, 2.24) is 0 Å². The van der Waals surface area contributed by atoms with Crippen molar-refractivity contribution in [2.75, 3.05) is 16.6 Å². The molecule has 2 aromatic carbocycles. The van der Waals surface area contributed by atoms with Crippen LogP contribution in [0, 0.1) is 11.3 Å². The molecular weight excluding hydrogens is 376 g/mol. The number of nitrogens with one attached hydrogen (secondary N) is 2. The Balaban J connectivity index is 2.49. The molecule has 0 atom stereocenters. The van der Waals surface area contributed by atoms with Crippen LogP contribution < -0.4 is 15.2 Å². The van der Waals surface area contributed by atoms with E-state index in [2.05, 4.69) is 10.0 Å². The van der Waals surface area contributed by atoms with Gasteiger partial charge in [0.05, 0.1) is 32.8 Å². The molecule has 0 fully saturated rings. The summed E-state index contributed by atoms with van der Waals surface area (Å²) < 4.78 is 50.8. The normalized spacial score (nSPS) is 11.6. The minimum absolute atomic E-state index is 0.0485. The minimum Gasteiger partial charge on any atom is -0.383 e. The van der Waals surface area contributed by atoms with Gasteiger partial charge in [-0.3, -0.25) is 4.72 Å². The lowest BCUT2D eigenvalue weighted by atomic mass is 10.2. The molecule has 10 heteroatoms. The van der Waals surface area contributed by atoms with E-state index in [1.807, 2.05) is 13.0 Å². The predicted octanol–water partition coefficient (Wildman–Crippen LogP) is 1.83. The summed E-state index contributed by atoms with van der Waals surface area (Å²) in [5.74, 6) is 0. The number of nitriles is 1. The van der Waals surface area contributed by atoms with Crippen molar-refractivity contribution in [2.45, 2.75) is 23.1 Å². The highest BCUT2D eigenvalue weighted by atomic mass is 32.2. The average Bonchev–Trinajstić information content (AvgIpc) is 2.59. The van der Waals surface area contributed by atoms with Gasteiger partial charge >= 0.3 is 0 Å². The zero-order valence-corrected chi connectivity index (χ0v) is 15.6. The largest absolute Gasteiger partial charge is 0.383 e. The molecule has 26 heavy (non-hydrogen) atoms. The molecule has 4 N–H and O–H groups in total. The van der Waals surface area contributed by atoms with Crippen LogP contribution in [0.1, 0.15) is 18.9 Å². The molecule has 0 unspecified atom stereocenters. The van der Waals surface area contributed by atoms with Crippen LogP contribution in [0.2, 0.25) is 0 Å². The summed E-state index contributed by atoms with van der Waals surface area (Å²) in [7, 11) is -8.03. The second-order valence-electron chi connectivity index (χ2n) is 5.42. The van der Waals surface area contributed by atoms with Crippen LogP contribution in [0.25, 0.3) is 0 Å². The highest BCUT2D eigenvalue weighted by molar-refractivity contribution is 7.92. The van der Waals surface area contributed by atoms with Crippen LogP contribution in [-0.2, 0) is 20.0 Å². The van der Waals surface area contributed by atoms with Gasteiger partial charge in [0, 0.05) is 6.54 Å². The predicted molar refractivity (Wildman–Crippen MR) is 98.6 cm³/mol. The van der Waals surface area contributed by atoms with E-state index in [0.29, 0.717) is 12.2 Å². The molecule has 0 amide bonds. The minimum atomic E-state index is -4.03. The van der Waals surface area contributed by atoms with Crippen LogP contribution >= 0.6 is 0 Å². The van der Waals surface area contributed by atoms with Gasteiger partial charge in [0.15, 0.2) is 0 Å². The van der Waals surface area contributed by atoms with Crippen molar-refractivity contribution >= 4 is 31.4 Å². The van der Waals surface area contributed by atoms with Crippen LogP contribution in [0.3, 0.4) is 0 Å². The van der Waals surface area contributed by atoms with Gasteiger partial charge in [-0.15, -0.1) is 0 Å². The first-order valence-corrected chi connectivity index (χ1v) is 10.6. The van der Waals surface area contributed by atoms with Gasteiger partial charge < -0.3 is 5.32 Å². The van der Waals surface area contributed by atoms with Crippen molar-refractivity contribution in [3.05, 3.63) is 48.0 Å². The monoisotopic (exact) mass is 394 g/mol. The number of anilines is 2. The smallest absolute Gasteiger partial charge is 0.262 e. The molecule has 0 radical (unpaired) electrons. The summed E-state index contributed by atoms with van der Waals surface area (Å²) in [5, 5.41) is 17.1. The molecule has 0 saturated heterocycles. The van der Waals surface area contributed by atoms with E-state index in [-0.39, 0.29) is 21.0 Å². The third kappa shape index (κ3) is 4.72. The SMILES string of the molecule is CCCNc1ccc(S(N)(=O)=O)cc1NS(=O)(=O)c1cccc(C#N)c1. The van der Waals surface area contributed by atoms with Gasteiger partial charge in [0.2, 0.25) is 10.0 Å². The fourth-order valence-corrected chi connectivity index (χ4v) is 3.79. The fourth-order valence-electron chi connectivity index (χ4n) is 2.14. The highest BCUT2D eigenvalue weighted by Crippen LogP contribution is 2.28. The number of hydrogen-bond acceptors (Lipinski definition) is 6. The standard InChI is InChI=1S/C16H18N4O4S2/c1-2-8-19-15-7-6-13(25(18,21)22)10-16(15)20-26(23,24)14-5-3-4-12(9-14)11-17/h3-7,9-10,19-20H,2,8H2,1H3,(H2,18,21,22). The first-order valence-electron chi connectivity index (χ1n) is 7.61. The van der Waals surface area contributed by atoms with E-state index in [9.17, 15) is 16.8 Å². The molecule has 0 spiro atoms. The zero-order chi connectivity index (χ0) is 19.4. The highest BCUT2D eigenvalue weighted by Gasteiger charge is 2.19. The lowest BCUT2D eigenvalue weighted by Crippen LogP contribution is -2.17. The Kier molecular flexibility index (Phi) is 5.86. The number of benzene rings is 2. The summed E-state index contributed by atoms with van der Waals surface area (Å²) in [6.07, 6.45) is 0.785. The second-order valence-corrected chi connectivity index (χ2v) is 8.67. The van der Waals surface area contributed by atoms with Gasteiger partial charge in [0.25, 0.3) is 10.0 Å². The van der Waals surface area contributed by atoms with Gasteiger partial charge in [-0.05, 0) is 42.8 Å². The van der Waals surface area contributed by atoms with Crippen LogP contribution in [-0.4, -0.2) is 23.4 Å². The first-order chi connectivity index (χ1) is 12.2. The van der Waals surface area contributed by atoms with Gasteiger partial charge in [-0.2, -0.15) is 5.26 Å². The molecule has 0 bridgehead atoms. The Bertz CT molecular complexity index is 1060. The van der Waals surface area contributed by atoms with Gasteiger partial charge in [0.1, 0.15) is 0 Å². The van der Waals surface area contributed by atoms with Crippen molar-refractivity contribution in [2.24, 2.45) is 5.14 Å². The first kappa shape index (κ1) is 19.7. The van der Waals surface area contributed by atoms with Gasteiger partial charge in [-0.25, -0.2) is 22.0 Å². The third-order valence-electron chi connectivity index (χ3n) is 3.40. The van der Waals surface area contributed by atoms with Crippen molar-refractivity contribution in [3.63, 3.8) is 0 Å². The van der Waals surface area contributed by atoms with E-state index < -0.39 is 20.0 Å². The number of rotatable bonds is 7. The lowest BCUT2D eigenvalue weighted by Gasteiger charge is -2.15. The molecular formula is C16H18N4O4S2. The molecule has 0 aliphatic carbocycles. The maximum absolute atomic E-state index is 12.6. The number of sulfonamides is 2. The van der Waals surface area contributed by atoms with Crippen LogP contribution in [0.5, 0.6) is 0 Å². The van der Waals surface area contributed by atoms with Crippen molar-refractivity contribution in [3.8, 4) is 6.07 Å². The summed E-state index contributed by atoms with van der Waals surface area (Å²) in [6, 6.07) is 11.3. The molecule has 8 nitrogen and oxygen atoms in total. The summed E-state index contributed by atoms with van der Waals surface area (Å²) in [4.78, 5) is -0.331. The summed E-state index contributed by atoms with van der Waals surface area (Å²) >= 11 is 0. The third-order valence-corrected chi connectivity index (χ3v) is 5.68. The number of hydrogen-bond donors (Lipinski definition) is 3. The van der Waals surface area contributed by atoms with Crippen LogP contribution in [0.15, 0.2) is 52.3 Å². The number of primary sulfonamides is 1. The maximum atomic E-state index is 12.6. The molecule has 0 aromatic heterocycles. The fraction of sp³-hybridized carbons (Fsp3) is 0.188. The summed E-state index contributed by atoms with van der Waals surface area (Å²) in [5.41, 5.74) is 0.655. The Morgan fingerprint density at radius 3 is 2.38 bits per heavy atom. The Morgan fingerprint density at radius 2 is 1.77 bits per heavy atom. The Morgan fingerprint density at radius 1 is 1.04 bits per heavy atom. The van der Waals surface area contributed by atoms with E-state index in [4.69, 9.17) is 10.4 Å². The Hall–Kier alpha value is -2.61. The van der Waals surface area contributed by atoms with Crippen molar-refractivity contribution in [1.29, 1.82) is 5.26 Å². The quantitative estimate of drug-likeness (QED) is 0.654. The van der Waals surface area contributed by atoms with E-state index in [0.717, 1.165) is 12.5 Å². The topological polar surface area (TPSA) is 142 Å².